The number of rotatable bonds is 9. The summed E-state index contributed by atoms with van der Waals surface area (Å²) in [7, 11) is 1.57. The number of anilines is 1. The average Bonchev–Trinajstić information content (AvgIpc) is 2.80. The predicted molar refractivity (Wildman–Crippen MR) is 123 cm³/mol. The van der Waals surface area contributed by atoms with Gasteiger partial charge >= 0.3 is 12.2 Å². The predicted octanol–water partition coefficient (Wildman–Crippen LogP) is 5.28. The normalized spacial score (nSPS) is 15.4. The number of ether oxygens (including phenoxy) is 1. The van der Waals surface area contributed by atoms with Crippen LogP contribution in [0, 0.1) is 0 Å². The molecule has 8 heteroatoms. The largest absolute Gasteiger partial charge is 0.416 e. The lowest BCUT2D eigenvalue weighted by Gasteiger charge is -2.38. The summed E-state index contributed by atoms with van der Waals surface area (Å²) in [6.07, 6.45) is -0.682. The van der Waals surface area contributed by atoms with Crippen molar-refractivity contribution in [2.75, 3.05) is 45.2 Å². The first-order valence-electron chi connectivity index (χ1n) is 11.4. The first kappa shape index (κ1) is 25.1. The fourth-order valence-corrected chi connectivity index (χ4v) is 4.21. The minimum atomic E-state index is -4.45. The summed E-state index contributed by atoms with van der Waals surface area (Å²) in [6.45, 7) is 3.54. The van der Waals surface area contributed by atoms with Gasteiger partial charge in [0.15, 0.2) is 0 Å². The maximum absolute atomic E-state index is 13.0. The molecule has 180 valence electrons. The van der Waals surface area contributed by atoms with Crippen LogP contribution < -0.4 is 5.32 Å². The van der Waals surface area contributed by atoms with Crippen LogP contribution in [0.4, 0.5) is 23.7 Å². The average molecular weight is 464 g/mol. The van der Waals surface area contributed by atoms with Gasteiger partial charge in [-0.3, -0.25) is 0 Å². The number of carbonyl (C=O) groups is 1. The molecule has 0 saturated carbocycles. The number of hydrogen-bond acceptors (Lipinski definition) is 3. The molecule has 5 nitrogen and oxygen atoms in total. The van der Waals surface area contributed by atoms with Crippen LogP contribution in [0.2, 0.25) is 0 Å². The molecule has 2 aromatic rings. The number of likely N-dealkylation sites (tertiary alicyclic amines) is 1. The van der Waals surface area contributed by atoms with E-state index in [0.717, 1.165) is 57.5 Å². The minimum Gasteiger partial charge on any atom is -0.383 e. The van der Waals surface area contributed by atoms with Gasteiger partial charge in [0, 0.05) is 38.5 Å². The van der Waals surface area contributed by atoms with Crippen molar-refractivity contribution in [3.05, 3.63) is 65.7 Å². The van der Waals surface area contributed by atoms with E-state index in [4.69, 9.17) is 4.74 Å². The molecule has 3 rings (SSSR count). The summed E-state index contributed by atoms with van der Waals surface area (Å²) < 4.78 is 44.2. The van der Waals surface area contributed by atoms with Crippen molar-refractivity contribution in [1.82, 2.24) is 9.80 Å². The Morgan fingerprint density at radius 1 is 1.12 bits per heavy atom. The van der Waals surface area contributed by atoms with Gasteiger partial charge in [0.2, 0.25) is 0 Å². The Kier molecular flexibility index (Phi) is 9.14. The standard InChI is InChI=1S/C25H32F3N3O2/c1-33-18-17-31(24(32)29-22-11-5-10-21(19-22)25(26,27)28)23-12-15-30(16-13-23)14-6-9-20-7-3-2-4-8-20/h2-5,7-8,10-11,19,23H,6,9,12-18H2,1H3,(H,29,32). The number of nitrogens with one attached hydrogen (secondary N) is 1. The van der Waals surface area contributed by atoms with Crippen molar-refractivity contribution in [2.45, 2.75) is 37.9 Å². The summed E-state index contributed by atoms with van der Waals surface area (Å²) in [6, 6.07) is 14.8. The first-order chi connectivity index (χ1) is 15.9. The zero-order valence-electron chi connectivity index (χ0n) is 19.0. The van der Waals surface area contributed by atoms with Gasteiger partial charge in [-0.25, -0.2) is 4.79 Å². The highest BCUT2D eigenvalue weighted by Crippen LogP contribution is 2.31. The number of piperidine rings is 1. The Labute approximate surface area is 193 Å². The summed E-state index contributed by atoms with van der Waals surface area (Å²) in [5.74, 6) is 0. The van der Waals surface area contributed by atoms with E-state index in [1.165, 1.54) is 17.7 Å². The molecule has 0 bridgehead atoms. The Morgan fingerprint density at radius 2 is 1.85 bits per heavy atom. The van der Waals surface area contributed by atoms with Crippen LogP contribution >= 0.6 is 0 Å². The summed E-state index contributed by atoms with van der Waals surface area (Å²) in [5, 5.41) is 2.64. The zero-order valence-corrected chi connectivity index (χ0v) is 19.0. The van der Waals surface area contributed by atoms with Crippen LogP contribution in [0.25, 0.3) is 0 Å². The minimum absolute atomic E-state index is 0.0244. The number of halogens is 3. The van der Waals surface area contributed by atoms with E-state index in [9.17, 15) is 18.0 Å². The number of hydrogen-bond donors (Lipinski definition) is 1. The molecule has 0 atom stereocenters. The zero-order chi connectivity index (χ0) is 23.7. The lowest BCUT2D eigenvalue weighted by atomic mass is 10.0. The number of methoxy groups -OCH3 is 1. The highest BCUT2D eigenvalue weighted by molar-refractivity contribution is 5.89. The molecule has 1 fully saturated rings. The molecule has 2 amide bonds. The first-order valence-corrected chi connectivity index (χ1v) is 11.4. The van der Waals surface area contributed by atoms with Crippen molar-refractivity contribution >= 4 is 11.7 Å². The maximum atomic E-state index is 13.0. The Hall–Kier alpha value is -2.58. The lowest BCUT2D eigenvalue weighted by Crippen LogP contribution is -2.50. The Bertz CT molecular complexity index is 869. The molecule has 0 radical (unpaired) electrons. The van der Waals surface area contributed by atoms with E-state index in [1.807, 2.05) is 6.07 Å². The number of benzene rings is 2. The number of carbonyl (C=O) groups excluding carboxylic acids is 1. The topological polar surface area (TPSA) is 44.8 Å². The maximum Gasteiger partial charge on any atom is 0.416 e. The van der Waals surface area contributed by atoms with Crippen LogP contribution in [0.15, 0.2) is 54.6 Å². The molecule has 33 heavy (non-hydrogen) atoms. The molecule has 0 aliphatic carbocycles. The third-order valence-corrected chi connectivity index (χ3v) is 6.02. The van der Waals surface area contributed by atoms with Crippen molar-refractivity contribution < 1.29 is 22.7 Å². The number of alkyl halides is 3. The highest BCUT2D eigenvalue weighted by Gasteiger charge is 2.31. The van der Waals surface area contributed by atoms with Crippen LogP contribution in [0.3, 0.4) is 0 Å². The second kappa shape index (κ2) is 12.0. The van der Waals surface area contributed by atoms with Crippen LogP contribution in [-0.4, -0.2) is 61.8 Å². The van der Waals surface area contributed by atoms with Gasteiger partial charge in [-0.05, 0) is 56.0 Å². The van der Waals surface area contributed by atoms with E-state index in [-0.39, 0.29) is 11.7 Å². The second-order valence-corrected chi connectivity index (χ2v) is 8.36. The fraction of sp³-hybridized carbons (Fsp3) is 0.480. The molecule has 1 aliphatic rings. The number of urea groups is 1. The molecule has 1 saturated heterocycles. The number of nitrogens with zero attached hydrogens (tertiary/aromatic N) is 2. The van der Waals surface area contributed by atoms with Crippen molar-refractivity contribution in [3.8, 4) is 0 Å². The Balaban J connectivity index is 1.53. The fourth-order valence-electron chi connectivity index (χ4n) is 4.21. The van der Waals surface area contributed by atoms with Gasteiger partial charge < -0.3 is 19.9 Å². The van der Waals surface area contributed by atoms with E-state index in [0.29, 0.717) is 13.2 Å². The van der Waals surface area contributed by atoms with Crippen LogP contribution in [0.5, 0.6) is 0 Å². The quantitative estimate of drug-likeness (QED) is 0.550. The van der Waals surface area contributed by atoms with Crippen molar-refractivity contribution in [1.29, 1.82) is 0 Å². The monoisotopic (exact) mass is 463 g/mol. The Morgan fingerprint density at radius 3 is 2.52 bits per heavy atom. The summed E-state index contributed by atoms with van der Waals surface area (Å²) >= 11 is 0. The third kappa shape index (κ3) is 7.75. The molecule has 2 aromatic carbocycles. The molecule has 1 aliphatic heterocycles. The van der Waals surface area contributed by atoms with Gasteiger partial charge in [0.1, 0.15) is 0 Å². The number of aryl methyl sites for hydroxylation is 1. The van der Waals surface area contributed by atoms with Gasteiger partial charge in [-0.15, -0.1) is 0 Å². The van der Waals surface area contributed by atoms with E-state index in [1.54, 1.807) is 12.0 Å². The molecule has 1 heterocycles. The van der Waals surface area contributed by atoms with Crippen molar-refractivity contribution in [2.24, 2.45) is 0 Å². The SMILES string of the molecule is COCCN(C(=O)Nc1cccc(C(F)(F)F)c1)C1CCN(CCCc2ccccc2)CC1. The molecular weight excluding hydrogens is 431 g/mol. The summed E-state index contributed by atoms with van der Waals surface area (Å²) in [5.41, 5.74) is 0.688. The van der Waals surface area contributed by atoms with Gasteiger partial charge in [-0.1, -0.05) is 36.4 Å². The molecule has 0 spiro atoms. The van der Waals surface area contributed by atoms with E-state index >= 15 is 0 Å². The molecule has 1 N–H and O–H groups in total. The third-order valence-electron chi connectivity index (χ3n) is 6.02. The van der Waals surface area contributed by atoms with Crippen LogP contribution in [0.1, 0.15) is 30.4 Å². The van der Waals surface area contributed by atoms with Gasteiger partial charge in [-0.2, -0.15) is 13.2 Å². The molecule has 0 unspecified atom stereocenters. The van der Waals surface area contributed by atoms with E-state index in [2.05, 4.69) is 34.5 Å². The second-order valence-electron chi connectivity index (χ2n) is 8.36. The number of amides is 2. The summed E-state index contributed by atoms with van der Waals surface area (Å²) in [4.78, 5) is 17.1. The smallest absolute Gasteiger partial charge is 0.383 e. The van der Waals surface area contributed by atoms with Crippen LogP contribution in [-0.2, 0) is 17.3 Å². The van der Waals surface area contributed by atoms with Gasteiger partial charge in [0.25, 0.3) is 0 Å². The lowest BCUT2D eigenvalue weighted by molar-refractivity contribution is -0.137. The highest BCUT2D eigenvalue weighted by atomic mass is 19.4. The van der Waals surface area contributed by atoms with E-state index < -0.39 is 17.8 Å². The molecular formula is C25H32F3N3O2. The van der Waals surface area contributed by atoms with Crippen molar-refractivity contribution in [3.63, 3.8) is 0 Å². The molecule has 0 aromatic heterocycles. The van der Waals surface area contributed by atoms with Gasteiger partial charge in [0.05, 0.1) is 12.2 Å².